The summed E-state index contributed by atoms with van der Waals surface area (Å²) < 4.78 is 5.19. The molecule has 4 rings (SSSR count). The second-order valence-electron chi connectivity index (χ2n) is 9.75. The van der Waals surface area contributed by atoms with Crippen LogP contribution in [-0.2, 0) is 5.60 Å². The molecule has 0 aliphatic carbocycles. The van der Waals surface area contributed by atoms with Crippen molar-refractivity contribution in [3.63, 3.8) is 0 Å². The molecule has 4 heteroatoms. The molecular formula is C31H39NO3. The summed E-state index contributed by atoms with van der Waals surface area (Å²) >= 11 is 0. The molecule has 1 saturated heterocycles. The van der Waals surface area contributed by atoms with Gasteiger partial charge in [0.15, 0.2) is 0 Å². The van der Waals surface area contributed by atoms with Crippen LogP contribution in [0.25, 0.3) is 0 Å². The maximum atomic E-state index is 12.0. The van der Waals surface area contributed by atoms with Crippen LogP contribution in [0.5, 0.6) is 5.75 Å². The van der Waals surface area contributed by atoms with Crippen LogP contribution in [0, 0.1) is 5.92 Å². The van der Waals surface area contributed by atoms with Crippen molar-refractivity contribution >= 4 is 0 Å². The van der Waals surface area contributed by atoms with E-state index in [0.717, 1.165) is 80.6 Å². The van der Waals surface area contributed by atoms with Crippen molar-refractivity contribution in [1.82, 2.24) is 4.90 Å². The molecule has 0 spiro atoms. The predicted octanol–water partition coefficient (Wildman–Crippen LogP) is 5.94. The summed E-state index contributed by atoms with van der Waals surface area (Å²) in [6, 6.07) is 28.0. The Morgan fingerprint density at radius 3 is 1.94 bits per heavy atom. The predicted molar refractivity (Wildman–Crippen MR) is 141 cm³/mol. The minimum atomic E-state index is -0.952. The van der Waals surface area contributed by atoms with E-state index < -0.39 is 11.7 Å². The Bertz CT molecular complexity index is 959. The van der Waals surface area contributed by atoms with E-state index >= 15 is 0 Å². The van der Waals surface area contributed by atoms with E-state index in [0.29, 0.717) is 0 Å². The third-order valence-corrected chi connectivity index (χ3v) is 7.56. The molecule has 2 N–H and O–H groups in total. The largest absolute Gasteiger partial charge is 0.497 e. The molecule has 186 valence electrons. The minimum Gasteiger partial charge on any atom is -0.497 e. The molecule has 0 bridgehead atoms. The monoisotopic (exact) mass is 473 g/mol. The number of likely N-dealkylation sites (tertiary alicyclic amines) is 1. The first kappa shape index (κ1) is 25.4. The van der Waals surface area contributed by atoms with Crippen LogP contribution in [0.2, 0.25) is 0 Å². The first-order chi connectivity index (χ1) is 17.1. The van der Waals surface area contributed by atoms with Crippen molar-refractivity contribution in [1.29, 1.82) is 0 Å². The Morgan fingerprint density at radius 2 is 1.40 bits per heavy atom. The van der Waals surface area contributed by atoms with E-state index in [-0.39, 0.29) is 5.92 Å². The van der Waals surface area contributed by atoms with E-state index in [1.807, 2.05) is 60.7 Å². The van der Waals surface area contributed by atoms with Crippen molar-refractivity contribution in [3.05, 3.63) is 102 Å². The van der Waals surface area contributed by atoms with Gasteiger partial charge >= 0.3 is 0 Å². The van der Waals surface area contributed by atoms with Crippen LogP contribution in [0.15, 0.2) is 84.9 Å². The van der Waals surface area contributed by atoms with Gasteiger partial charge in [0.05, 0.1) is 13.2 Å². The third-order valence-electron chi connectivity index (χ3n) is 7.56. The number of hydrogen-bond donors (Lipinski definition) is 2. The Labute approximate surface area is 210 Å². The number of unbranched alkanes of at least 4 members (excludes halogenated alkanes) is 2. The van der Waals surface area contributed by atoms with Gasteiger partial charge in [-0.25, -0.2) is 0 Å². The Morgan fingerprint density at radius 1 is 0.829 bits per heavy atom. The minimum absolute atomic E-state index is 0.197. The molecule has 1 unspecified atom stereocenters. The lowest BCUT2D eigenvalue weighted by Crippen LogP contribution is -2.44. The second-order valence-corrected chi connectivity index (χ2v) is 9.75. The average molecular weight is 474 g/mol. The highest BCUT2D eigenvalue weighted by molar-refractivity contribution is 5.37. The zero-order chi connectivity index (χ0) is 24.5. The molecule has 35 heavy (non-hydrogen) atoms. The van der Waals surface area contributed by atoms with Gasteiger partial charge in [0.25, 0.3) is 0 Å². The van der Waals surface area contributed by atoms with Crippen molar-refractivity contribution in [2.45, 2.75) is 50.2 Å². The van der Waals surface area contributed by atoms with Crippen molar-refractivity contribution in [2.75, 3.05) is 26.7 Å². The fraction of sp³-hybridized carbons (Fsp3) is 0.419. The summed E-state index contributed by atoms with van der Waals surface area (Å²) in [4.78, 5) is 2.53. The van der Waals surface area contributed by atoms with Gasteiger partial charge in [-0.2, -0.15) is 0 Å². The van der Waals surface area contributed by atoms with Crippen LogP contribution in [0.1, 0.15) is 61.3 Å². The number of aliphatic hydroxyl groups is 2. The zero-order valence-electron chi connectivity index (χ0n) is 20.9. The van der Waals surface area contributed by atoms with Gasteiger partial charge in [-0.1, -0.05) is 85.6 Å². The smallest absolute Gasteiger partial charge is 0.118 e. The Kier molecular flexibility index (Phi) is 8.97. The van der Waals surface area contributed by atoms with E-state index in [1.165, 1.54) is 0 Å². The summed E-state index contributed by atoms with van der Waals surface area (Å²) in [6.07, 6.45) is 5.62. The third kappa shape index (κ3) is 6.32. The molecule has 0 radical (unpaired) electrons. The summed E-state index contributed by atoms with van der Waals surface area (Å²) in [7, 11) is 1.65. The molecule has 4 nitrogen and oxygen atoms in total. The molecule has 0 amide bonds. The lowest BCUT2D eigenvalue weighted by molar-refractivity contribution is -0.0143. The Hall–Kier alpha value is -2.66. The lowest BCUT2D eigenvalue weighted by Gasteiger charge is -2.42. The average Bonchev–Trinajstić information content (AvgIpc) is 2.93. The van der Waals surface area contributed by atoms with Gasteiger partial charge in [0.1, 0.15) is 11.4 Å². The van der Waals surface area contributed by atoms with Crippen molar-refractivity contribution in [3.8, 4) is 5.75 Å². The van der Waals surface area contributed by atoms with Crippen molar-refractivity contribution in [2.24, 2.45) is 5.92 Å². The summed E-state index contributed by atoms with van der Waals surface area (Å²) in [6.45, 7) is 3.11. The van der Waals surface area contributed by atoms with Crippen LogP contribution in [0.4, 0.5) is 0 Å². The van der Waals surface area contributed by atoms with Crippen LogP contribution in [-0.4, -0.2) is 41.9 Å². The van der Waals surface area contributed by atoms with Gasteiger partial charge in [-0.15, -0.1) is 0 Å². The number of methoxy groups -OCH3 is 1. The topological polar surface area (TPSA) is 52.9 Å². The molecular weight excluding hydrogens is 434 g/mol. The fourth-order valence-electron chi connectivity index (χ4n) is 5.44. The Balaban J connectivity index is 1.23. The van der Waals surface area contributed by atoms with Gasteiger partial charge in [0.2, 0.25) is 0 Å². The van der Waals surface area contributed by atoms with Gasteiger partial charge in [-0.05, 0) is 80.1 Å². The highest BCUT2D eigenvalue weighted by Gasteiger charge is 2.41. The molecule has 1 aliphatic rings. The fourth-order valence-corrected chi connectivity index (χ4v) is 5.44. The van der Waals surface area contributed by atoms with Crippen molar-refractivity contribution < 1.29 is 14.9 Å². The maximum absolute atomic E-state index is 12.0. The SMILES string of the molecule is COc1ccc(C(O)CCCCCN2CCC(C(O)(c3ccccc3)c3ccccc3)CC2)cc1. The molecule has 1 heterocycles. The van der Waals surface area contributed by atoms with E-state index in [9.17, 15) is 10.2 Å². The van der Waals surface area contributed by atoms with Crippen LogP contribution in [0.3, 0.4) is 0 Å². The van der Waals surface area contributed by atoms with Crippen LogP contribution < -0.4 is 4.74 Å². The first-order valence-corrected chi connectivity index (χ1v) is 13.0. The molecule has 0 aromatic heterocycles. The number of ether oxygens (including phenoxy) is 1. The zero-order valence-corrected chi connectivity index (χ0v) is 20.9. The van der Waals surface area contributed by atoms with Gasteiger partial charge in [-0.3, -0.25) is 0 Å². The van der Waals surface area contributed by atoms with E-state index in [2.05, 4.69) is 29.2 Å². The molecule has 3 aromatic carbocycles. The summed E-state index contributed by atoms with van der Waals surface area (Å²) in [5, 5.41) is 22.5. The maximum Gasteiger partial charge on any atom is 0.118 e. The molecule has 1 atom stereocenters. The standard InChI is InChI=1S/C31H39NO3/c1-35-29-18-16-25(17-19-29)30(33)15-9-4-10-22-32-23-20-28(21-24-32)31(34,26-11-5-2-6-12-26)27-13-7-3-8-14-27/h2-3,5-8,11-14,16-19,28,30,33-34H,4,9-10,15,20-24H2,1H3. The quantitative estimate of drug-likeness (QED) is 0.339. The number of rotatable bonds is 11. The van der Waals surface area contributed by atoms with E-state index in [1.54, 1.807) is 7.11 Å². The van der Waals surface area contributed by atoms with Gasteiger partial charge < -0.3 is 19.8 Å². The normalized spacial score (nSPS) is 16.2. The highest BCUT2D eigenvalue weighted by atomic mass is 16.5. The number of benzene rings is 3. The van der Waals surface area contributed by atoms with Gasteiger partial charge in [0, 0.05) is 0 Å². The van der Waals surface area contributed by atoms with Crippen LogP contribution >= 0.6 is 0 Å². The number of hydrogen-bond acceptors (Lipinski definition) is 4. The summed E-state index contributed by atoms with van der Waals surface area (Å²) in [5.41, 5.74) is 1.98. The molecule has 0 saturated carbocycles. The number of nitrogens with zero attached hydrogens (tertiary/aromatic N) is 1. The lowest BCUT2D eigenvalue weighted by atomic mass is 9.72. The number of piperidine rings is 1. The van der Waals surface area contributed by atoms with E-state index in [4.69, 9.17) is 4.74 Å². The summed E-state index contributed by atoms with van der Waals surface area (Å²) in [5.74, 6) is 1.01. The number of aliphatic hydroxyl groups excluding tert-OH is 1. The second kappa shape index (κ2) is 12.3. The molecule has 3 aromatic rings. The first-order valence-electron chi connectivity index (χ1n) is 13.0. The molecule has 1 fully saturated rings. The molecule has 1 aliphatic heterocycles. The highest BCUT2D eigenvalue weighted by Crippen LogP contribution is 2.41.